The number of carboxylic acids is 1. The van der Waals surface area contributed by atoms with Gasteiger partial charge < -0.3 is 5.11 Å². The minimum Gasteiger partial charge on any atom is -0.475 e. The zero-order valence-corrected chi connectivity index (χ0v) is 22.5. The maximum absolute atomic E-state index is 13.6. The Bertz CT molecular complexity index is 1410. The zero-order chi connectivity index (χ0) is 28.9. The Morgan fingerprint density at radius 2 is 1.52 bits per heavy atom. The Morgan fingerprint density at radius 1 is 0.950 bits per heavy atom. The van der Waals surface area contributed by atoms with Crippen LogP contribution in [-0.4, -0.2) is 45.4 Å². The summed E-state index contributed by atoms with van der Waals surface area (Å²) < 4.78 is 45.4. The van der Waals surface area contributed by atoms with Gasteiger partial charge in [0, 0.05) is 46.2 Å². The molecular weight excluding hydrogens is 569 g/mol. The quantitative estimate of drug-likeness (QED) is 0.230. The van der Waals surface area contributed by atoms with Gasteiger partial charge in [0.1, 0.15) is 5.82 Å². The molecule has 1 saturated heterocycles. The van der Waals surface area contributed by atoms with Crippen LogP contribution in [0.25, 0.3) is 11.3 Å². The molecule has 2 heterocycles. The highest BCUT2D eigenvalue weighted by Crippen LogP contribution is 2.40. The number of aromatic amines is 1. The molecule has 0 radical (unpaired) electrons. The summed E-state index contributed by atoms with van der Waals surface area (Å²) in [5.41, 5.74) is 5.43. The first kappa shape index (κ1) is 29.6. The number of aliphatic carboxylic acids is 1. The summed E-state index contributed by atoms with van der Waals surface area (Å²) in [6.45, 7) is 2.72. The number of hydrogen-bond acceptors (Lipinski definition) is 3. The van der Waals surface area contributed by atoms with Crippen molar-refractivity contribution in [2.75, 3.05) is 13.1 Å². The fourth-order valence-corrected chi connectivity index (χ4v) is 4.98. The number of nitrogens with one attached hydrogen (secondary N) is 1. The monoisotopic (exact) mass is 593 g/mol. The van der Waals surface area contributed by atoms with Crippen LogP contribution >= 0.6 is 23.2 Å². The number of halogens is 6. The van der Waals surface area contributed by atoms with Crippen LogP contribution in [0, 0.1) is 5.82 Å². The summed E-state index contributed by atoms with van der Waals surface area (Å²) >= 11 is 12.1. The Kier molecular flexibility index (Phi) is 9.50. The van der Waals surface area contributed by atoms with Crippen LogP contribution < -0.4 is 0 Å². The number of carboxylic acid groups (broad SMARTS) is 1. The molecule has 1 aromatic heterocycles. The van der Waals surface area contributed by atoms with Gasteiger partial charge in [-0.05, 0) is 66.6 Å². The van der Waals surface area contributed by atoms with E-state index < -0.39 is 12.1 Å². The van der Waals surface area contributed by atoms with Crippen LogP contribution in [-0.2, 0) is 11.3 Å². The summed E-state index contributed by atoms with van der Waals surface area (Å²) in [5.74, 6) is -2.47. The van der Waals surface area contributed by atoms with Gasteiger partial charge in [-0.15, -0.1) is 0 Å². The van der Waals surface area contributed by atoms with Gasteiger partial charge in [0.05, 0.1) is 5.69 Å². The fourth-order valence-electron chi connectivity index (χ4n) is 4.73. The molecular formula is C29H25Cl2F4N3O2. The number of likely N-dealkylation sites (tertiary alicyclic amines) is 1. The molecule has 2 N–H and O–H groups in total. The molecule has 11 heteroatoms. The number of aromatic nitrogens is 2. The van der Waals surface area contributed by atoms with Crippen molar-refractivity contribution in [3.05, 3.63) is 112 Å². The first-order valence-corrected chi connectivity index (χ1v) is 13.1. The molecule has 1 fully saturated rings. The molecule has 0 amide bonds. The number of alkyl halides is 3. The van der Waals surface area contributed by atoms with E-state index in [4.69, 9.17) is 33.1 Å². The van der Waals surface area contributed by atoms with Crippen LogP contribution in [0.2, 0.25) is 10.0 Å². The molecule has 210 valence electrons. The second kappa shape index (κ2) is 12.8. The number of hydrogen-bond donors (Lipinski definition) is 2. The maximum atomic E-state index is 13.6. The Hall–Kier alpha value is -3.40. The van der Waals surface area contributed by atoms with Gasteiger partial charge in [0.25, 0.3) is 0 Å². The molecule has 4 aromatic rings. The lowest BCUT2D eigenvalue weighted by atomic mass is 9.78. The first-order valence-electron chi connectivity index (χ1n) is 12.3. The third-order valence-electron chi connectivity index (χ3n) is 6.69. The number of carbonyl (C=O) groups is 1. The van der Waals surface area contributed by atoms with Gasteiger partial charge in [0.2, 0.25) is 0 Å². The molecule has 1 aliphatic rings. The summed E-state index contributed by atoms with van der Waals surface area (Å²) in [6, 6.07) is 24.8. The second-order valence-corrected chi connectivity index (χ2v) is 10.3. The lowest BCUT2D eigenvalue weighted by molar-refractivity contribution is -0.192. The lowest BCUT2D eigenvalue weighted by Crippen LogP contribution is -2.38. The molecule has 3 aromatic carbocycles. The summed E-state index contributed by atoms with van der Waals surface area (Å²) in [4.78, 5) is 11.4. The summed E-state index contributed by atoms with van der Waals surface area (Å²) in [6.07, 6.45) is -4.10. The molecule has 5 rings (SSSR count). The third kappa shape index (κ3) is 7.84. The number of piperidine rings is 1. The Labute approximate surface area is 238 Å². The molecule has 0 bridgehead atoms. The van der Waals surface area contributed by atoms with E-state index in [9.17, 15) is 17.6 Å². The van der Waals surface area contributed by atoms with Crippen molar-refractivity contribution in [3.8, 4) is 11.3 Å². The highest BCUT2D eigenvalue weighted by molar-refractivity contribution is 6.30. The largest absolute Gasteiger partial charge is 0.490 e. The third-order valence-corrected chi connectivity index (χ3v) is 7.20. The van der Waals surface area contributed by atoms with E-state index in [1.165, 1.54) is 5.56 Å². The van der Waals surface area contributed by atoms with E-state index >= 15 is 0 Å². The summed E-state index contributed by atoms with van der Waals surface area (Å²) in [7, 11) is 0. The topological polar surface area (TPSA) is 69.2 Å². The van der Waals surface area contributed by atoms with Gasteiger partial charge in [-0.3, -0.25) is 10.00 Å². The zero-order valence-electron chi connectivity index (χ0n) is 21.0. The second-order valence-electron chi connectivity index (χ2n) is 9.43. The van der Waals surface area contributed by atoms with Gasteiger partial charge >= 0.3 is 12.1 Å². The van der Waals surface area contributed by atoms with Crippen LogP contribution in [0.5, 0.6) is 0 Å². The molecule has 0 saturated carbocycles. The van der Waals surface area contributed by atoms with Gasteiger partial charge in [-0.2, -0.15) is 18.3 Å². The fraction of sp³-hybridized carbons (Fsp3) is 0.241. The van der Waals surface area contributed by atoms with Crippen molar-refractivity contribution >= 4 is 29.2 Å². The van der Waals surface area contributed by atoms with Gasteiger partial charge in [0.15, 0.2) is 0 Å². The normalized spacial score (nSPS) is 17.6. The molecule has 2 atom stereocenters. The Morgan fingerprint density at radius 3 is 2.10 bits per heavy atom. The van der Waals surface area contributed by atoms with Crippen LogP contribution in [0.15, 0.2) is 78.9 Å². The standard InChI is InChI=1S/C27H24Cl2FN3.C2HF3O2/c28-21-7-1-18(2-8-21)16-33-14-13-24(25(17-33)19-5-11-23(30)12-6-19)27-15-26(31-32-27)20-3-9-22(29)10-4-20;3-2(4,5)1(6)7/h1-12,15,24-25H,13-14,16-17H2,(H,31,32);(H,6,7)/t24-,25+;/m1./s1. The van der Waals surface area contributed by atoms with Crippen LogP contribution in [0.4, 0.5) is 17.6 Å². The molecule has 5 nitrogen and oxygen atoms in total. The van der Waals surface area contributed by atoms with Crippen molar-refractivity contribution < 1.29 is 27.5 Å². The van der Waals surface area contributed by atoms with Crippen molar-refractivity contribution in [2.45, 2.75) is 31.0 Å². The maximum Gasteiger partial charge on any atom is 0.490 e. The van der Waals surface area contributed by atoms with E-state index in [-0.39, 0.29) is 17.7 Å². The average molecular weight is 594 g/mol. The Balaban J connectivity index is 0.000000470. The number of benzene rings is 3. The highest BCUT2D eigenvalue weighted by Gasteiger charge is 2.38. The smallest absolute Gasteiger partial charge is 0.475 e. The molecule has 0 aliphatic carbocycles. The van der Waals surface area contributed by atoms with E-state index in [1.807, 2.05) is 48.5 Å². The molecule has 0 unspecified atom stereocenters. The molecule has 40 heavy (non-hydrogen) atoms. The lowest BCUT2D eigenvalue weighted by Gasteiger charge is -2.38. The van der Waals surface area contributed by atoms with Crippen LogP contribution in [0.1, 0.15) is 35.1 Å². The average Bonchev–Trinajstić information content (AvgIpc) is 3.41. The van der Waals surface area contributed by atoms with Gasteiger partial charge in [-0.25, -0.2) is 9.18 Å². The predicted molar refractivity (Wildman–Crippen MR) is 146 cm³/mol. The van der Waals surface area contributed by atoms with Crippen molar-refractivity contribution in [1.29, 1.82) is 0 Å². The van der Waals surface area contributed by atoms with E-state index in [2.05, 4.69) is 33.3 Å². The predicted octanol–water partition coefficient (Wildman–Crippen LogP) is 7.93. The minimum absolute atomic E-state index is 0.212. The van der Waals surface area contributed by atoms with Crippen molar-refractivity contribution in [1.82, 2.24) is 15.1 Å². The van der Waals surface area contributed by atoms with E-state index in [0.29, 0.717) is 5.02 Å². The van der Waals surface area contributed by atoms with E-state index in [1.54, 1.807) is 12.1 Å². The molecule has 1 aliphatic heterocycles. The molecule has 0 spiro atoms. The van der Waals surface area contributed by atoms with Crippen LogP contribution in [0.3, 0.4) is 0 Å². The number of rotatable bonds is 5. The minimum atomic E-state index is -5.08. The van der Waals surface area contributed by atoms with Gasteiger partial charge in [-0.1, -0.05) is 59.6 Å². The van der Waals surface area contributed by atoms with Crippen molar-refractivity contribution in [3.63, 3.8) is 0 Å². The summed E-state index contributed by atoms with van der Waals surface area (Å²) in [5, 5.41) is 16.4. The first-order chi connectivity index (χ1) is 19.0. The van der Waals surface area contributed by atoms with Crippen molar-refractivity contribution in [2.24, 2.45) is 0 Å². The number of H-pyrrole nitrogens is 1. The van der Waals surface area contributed by atoms with E-state index in [0.717, 1.165) is 53.6 Å². The highest BCUT2D eigenvalue weighted by atomic mass is 35.5. The SMILES string of the molecule is Fc1ccc([C@@H]2CN(Cc3ccc(Cl)cc3)CC[C@H]2c2cc(-c3ccc(Cl)cc3)n[nH]2)cc1.O=C(O)C(F)(F)F. The number of nitrogens with zero attached hydrogens (tertiary/aromatic N) is 2.